The van der Waals surface area contributed by atoms with Crippen molar-refractivity contribution in [3.63, 3.8) is 0 Å². The van der Waals surface area contributed by atoms with Gasteiger partial charge in [0.05, 0.1) is 25.3 Å². The second-order valence-electron chi connectivity index (χ2n) is 9.55. The van der Waals surface area contributed by atoms with Crippen LogP contribution in [0.4, 0.5) is 0 Å². The molecule has 0 aliphatic carbocycles. The molecule has 8 nitrogen and oxygen atoms in total. The molecule has 2 heterocycles. The van der Waals surface area contributed by atoms with Crippen molar-refractivity contribution in [1.29, 1.82) is 0 Å². The minimum atomic E-state index is -0.747. The molecule has 1 fully saturated rings. The maximum atomic E-state index is 13.3. The average Bonchev–Trinajstić information content (AvgIpc) is 3.16. The molecule has 1 aromatic carbocycles. The first-order valence-corrected chi connectivity index (χ1v) is 13.0. The number of carbonyl (C=O) groups is 2. The molecular weight excluding hydrogens is 470 g/mol. The van der Waals surface area contributed by atoms with Gasteiger partial charge in [0, 0.05) is 24.5 Å². The number of aliphatic hydroxyl groups is 1. The Balaban J connectivity index is 2.02. The third-order valence-electron chi connectivity index (χ3n) is 6.72. The molecule has 0 saturated carbocycles. The van der Waals surface area contributed by atoms with Gasteiger partial charge in [-0.3, -0.25) is 14.6 Å². The number of hydrogen-bond acceptors (Lipinski definition) is 7. The number of aliphatic hydroxyl groups excluding tert-OH is 1. The zero-order chi connectivity index (χ0) is 26.9. The third-order valence-corrected chi connectivity index (χ3v) is 6.72. The highest BCUT2D eigenvalue weighted by Crippen LogP contribution is 2.42. The zero-order valence-corrected chi connectivity index (χ0v) is 22.6. The van der Waals surface area contributed by atoms with Gasteiger partial charge in [-0.2, -0.15) is 0 Å². The summed E-state index contributed by atoms with van der Waals surface area (Å²) in [5.41, 5.74) is 1.17. The summed E-state index contributed by atoms with van der Waals surface area (Å²) in [6, 6.07) is 7.92. The largest absolute Gasteiger partial charge is 0.507 e. The van der Waals surface area contributed by atoms with E-state index in [1.54, 1.807) is 36.3 Å². The van der Waals surface area contributed by atoms with Crippen molar-refractivity contribution in [2.45, 2.75) is 46.6 Å². The third kappa shape index (κ3) is 6.68. The van der Waals surface area contributed by atoms with Crippen molar-refractivity contribution in [3.05, 3.63) is 59.4 Å². The number of rotatable bonds is 13. The molecule has 37 heavy (non-hydrogen) atoms. The van der Waals surface area contributed by atoms with E-state index in [0.717, 1.165) is 26.1 Å². The van der Waals surface area contributed by atoms with Gasteiger partial charge in [-0.15, -0.1) is 0 Å². The molecule has 1 aliphatic rings. The first kappa shape index (κ1) is 28.2. The summed E-state index contributed by atoms with van der Waals surface area (Å²) >= 11 is 0. The van der Waals surface area contributed by atoms with E-state index in [1.807, 2.05) is 6.07 Å². The summed E-state index contributed by atoms with van der Waals surface area (Å²) in [6.45, 7) is 12.0. The van der Waals surface area contributed by atoms with Crippen LogP contribution >= 0.6 is 0 Å². The normalized spacial score (nSPS) is 17.2. The lowest BCUT2D eigenvalue weighted by Crippen LogP contribution is -2.33. The number of amides is 1. The lowest BCUT2D eigenvalue weighted by Gasteiger charge is -2.27. The molecule has 200 valence electrons. The highest BCUT2D eigenvalue weighted by atomic mass is 16.5. The first-order valence-electron chi connectivity index (χ1n) is 13.0. The van der Waals surface area contributed by atoms with Crippen LogP contribution in [-0.4, -0.2) is 71.5 Å². The van der Waals surface area contributed by atoms with E-state index in [1.165, 1.54) is 12.4 Å². The fourth-order valence-corrected chi connectivity index (χ4v) is 4.51. The van der Waals surface area contributed by atoms with Gasteiger partial charge < -0.3 is 24.4 Å². The molecular formula is C29H39N3O5. The predicted octanol–water partition coefficient (Wildman–Crippen LogP) is 4.67. The number of aromatic nitrogens is 1. The molecule has 1 N–H and O–H groups in total. The van der Waals surface area contributed by atoms with E-state index in [4.69, 9.17) is 9.47 Å². The summed E-state index contributed by atoms with van der Waals surface area (Å²) in [4.78, 5) is 34.3. The second-order valence-corrected chi connectivity index (χ2v) is 9.55. The Morgan fingerprint density at radius 3 is 2.43 bits per heavy atom. The molecule has 1 aliphatic heterocycles. The first-order chi connectivity index (χ1) is 17.8. The molecule has 3 rings (SSSR count). The molecule has 0 radical (unpaired) electrons. The number of pyridine rings is 1. The van der Waals surface area contributed by atoms with Crippen LogP contribution in [0.3, 0.4) is 0 Å². The van der Waals surface area contributed by atoms with Gasteiger partial charge >= 0.3 is 0 Å². The van der Waals surface area contributed by atoms with E-state index in [2.05, 4.69) is 37.6 Å². The molecule has 1 aromatic heterocycles. The van der Waals surface area contributed by atoms with Crippen LogP contribution in [0.25, 0.3) is 5.76 Å². The average molecular weight is 510 g/mol. The smallest absolute Gasteiger partial charge is 0.295 e. The number of methoxy groups -OCH3 is 1. The Hall–Kier alpha value is -3.39. The standard InChI is InChI=1S/C29H39N3O5/c1-6-31(7-2)16-8-17-32-26(22-9-10-23(24(19-22)36-5)37-18-13-20(3)4)25(28(34)29(32)35)27(33)21-11-14-30-15-12-21/h9-12,14-15,19-20,26,33H,6-8,13,16-18H2,1-5H3. The number of benzene rings is 1. The molecule has 2 aromatic rings. The van der Waals surface area contributed by atoms with Crippen molar-refractivity contribution in [3.8, 4) is 11.5 Å². The van der Waals surface area contributed by atoms with Gasteiger partial charge in [-0.25, -0.2) is 0 Å². The molecule has 1 unspecified atom stereocenters. The van der Waals surface area contributed by atoms with Crippen LogP contribution < -0.4 is 9.47 Å². The topological polar surface area (TPSA) is 92.2 Å². The van der Waals surface area contributed by atoms with Crippen molar-refractivity contribution in [2.24, 2.45) is 5.92 Å². The fraction of sp³-hybridized carbons (Fsp3) is 0.483. The van der Waals surface area contributed by atoms with E-state index >= 15 is 0 Å². The Bertz CT molecular complexity index is 1100. The monoisotopic (exact) mass is 509 g/mol. The van der Waals surface area contributed by atoms with Crippen LogP contribution in [0.5, 0.6) is 11.5 Å². The summed E-state index contributed by atoms with van der Waals surface area (Å²) in [6.07, 6.45) is 4.69. The minimum Gasteiger partial charge on any atom is -0.507 e. The lowest BCUT2D eigenvalue weighted by atomic mass is 9.95. The zero-order valence-electron chi connectivity index (χ0n) is 22.6. The molecule has 1 amide bonds. The van der Waals surface area contributed by atoms with Crippen LogP contribution in [0, 0.1) is 5.92 Å². The summed E-state index contributed by atoms with van der Waals surface area (Å²) in [7, 11) is 1.56. The van der Waals surface area contributed by atoms with Crippen LogP contribution in [0.15, 0.2) is 48.3 Å². The van der Waals surface area contributed by atoms with E-state index in [0.29, 0.717) is 48.1 Å². The number of ether oxygens (including phenoxy) is 2. The van der Waals surface area contributed by atoms with Gasteiger partial charge in [0.1, 0.15) is 5.76 Å². The molecule has 0 bridgehead atoms. The Morgan fingerprint density at radius 1 is 1.11 bits per heavy atom. The van der Waals surface area contributed by atoms with Crippen LogP contribution in [-0.2, 0) is 9.59 Å². The van der Waals surface area contributed by atoms with Crippen LogP contribution in [0.2, 0.25) is 0 Å². The van der Waals surface area contributed by atoms with Crippen molar-refractivity contribution in [2.75, 3.05) is 39.9 Å². The van der Waals surface area contributed by atoms with Gasteiger partial charge in [0.2, 0.25) is 0 Å². The number of hydrogen-bond donors (Lipinski definition) is 1. The number of nitrogens with zero attached hydrogens (tertiary/aromatic N) is 3. The number of carbonyl (C=O) groups excluding carboxylic acids is 2. The van der Waals surface area contributed by atoms with Gasteiger partial charge in [0.15, 0.2) is 11.5 Å². The summed E-state index contributed by atoms with van der Waals surface area (Å²) in [5, 5.41) is 11.2. The molecule has 1 atom stereocenters. The van der Waals surface area contributed by atoms with Crippen molar-refractivity contribution >= 4 is 17.4 Å². The van der Waals surface area contributed by atoms with E-state index < -0.39 is 17.7 Å². The van der Waals surface area contributed by atoms with Crippen molar-refractivity contribution < 1.29 is 24.2 Å². The Morgan fingerprint density at radius 2 is 1.81 bits per heavy atom. The lowest BCUT2D eigenvalue weighted by molar-refractivity contribution is -0.140. The minimum absolute atomic E-state index is 0.0644. The molecule has 8 heteroatoms. The predicted molar refractivity (Wildman–Crippen MR) is 144 cm³/mol. The van der Waals surface area contributed by atoms with E-state index in [9.17, 15) is 14.7 Å². The maximum Gasteiger partial charge on any atom is 0.295 e. The quantitative estimate of drug-likeness (QED) is 0.238. The number of Topliss-reactive ketones (excluding diaryl/α,β-unsaturated/α-hetero) is 1. The van der Waals surface area contributed by atoms with Gasteiger partial charge in [-0.05, 0) is 68.2 Å². The SMILES string of the molecule is CCN(CC)CCCN1C(=O)C(=O)C(=C(O)c2ccncc2)C1c1ccc(OCCC(C)C)c(OC)c1. The summed E-state index contributed by atoms with van der Waals surface area (Å²) in [5.74, 6) is 0.0935. The Labute approximate surface area is 219 Å². The van der Waals surface area contributed by atoms with E-state index in [-0.39, 0.29) is 11.3 Å². The number of ketones is 1. The van der Waals surface area contributed by atoms with Crippen molar-refractivity contribution in [1.82, 2.24) is 14.8 Å². The fourth-order valence-electron chi connectivity index (χ4n) is 4.51. The van der Waals surface area contributed by atoms with Crippen LogP contribution in [0.1, 0.15) is 57.7 Å². The highest BCUT2D eigenvalue weighted by Gasteiger charge is 2.46. The molecule has 1 saturated heterocycles. The van der Waals surface area contributed by atoms with Gasteiger partial charge in [-0.1, -0.05) is 33.8 Å². The summed E-state index contributed by atoms with van der Waals surface area (Å²) < 4.78 is 11.5. The molecule has 0 spiro atoms. The maximum absolute atomic E-state index is 13.3. The van der Waals surface area contributed by atoms with Gasteiger partial charge in [0.25, 0.3) is 11.7 Å². The Kier molecular flexibility index (Phi) is 10.1. The second kappa shape index (κ2) is 13.2. The highest BCUT2D eigenvalue weighted by molar-refractivity contribution is 6.46. The number of likely N-dealkylation sites (tertiary alicyclic amines) is 1.